The second-order valence-electron chi connectivity index (χ2n) is 7.04. The normalized spacial score (nSPS) is 12.3. The van der Waals surface area contributed by atoms with Crippen molar-refractivity contribution in [2.24, 2.45) is 21.7 Å². The second kappa shape index (κ2) is 9.32. The van der Waals surface area contributed by atoms with Crippen LogP contribution in [0.25, 0.3) is 17.0 Å². The van der Waals surface area contributed by atoms with E-state index in [1.807, 2.05) is 30.3 Å². The molecular weight excluding hydrogens is 458 g/mol. The van der Waals surface area contributed by atoms with Gasteiger partial charge < -0.3 is 11.5 Å². The summed E-state index contributed by atoms with van der Waals surface area (Å²) in [5.74, 6) is -0.223. The molecule has 3 aromatic carbocycles. The molecule has 33 heavy (non-hydrogen) atoms. The third kappa shape index (κ3) is 4.67. The van der Waals surface area contributed by atoms with Gasteiger partial charge in [0, 0.05) is 22.2 Å². The van der Waals surface area contributed by atoms with E-state index in [1.54, 1.807) is 60.7 Å². The van der Waals surface area contributed by atoms with Gasteiger partial charge in [-0.1, -0.05) is 72.3 Å². The number of nitrogens with zero attached hydrogens (tertiary/aromatic N) is 3. The van der Waals surface area contributed by atoms with Gasteiger partial charge in [0.05, 0.1) is 16.1 Å². The van der Waals surface area contributed by atoms with Gasteiger partial charge in [0.2, 0.25) is 5.96 Å². The molecular formula is C24H20ClN5O2S. The summed E-state index contributed by atoms with van der Waals surface area (Å²) in [7, 11) is -3.85. The second-order valence-corrected chi connectivity index (χ2v) is 9.26. The predicted molar refractivity (Wildman–Crippen MR) is 134 cm³/mol. The number of benzene rings is 3. The number of para-hydroxylation sites is 1. The number of nitrogens with two attached hydrogens (primary N) is 2. The van der Waals surface area contributed by atoms with Gasteiger partial charge >= 0.3 is 0 Å². The van der Waals surface area contributed by atoms with Crippen LogP contribution in [-0.4, -0.2) is 24.1 Å². The summed E-state index contributed by atoms with van der Waals surface area (Å²) >= 11 is 6.27. The van der Waals surface area contributed by atoms with Crippen LogP contribution in [0.3, 0.4) is 0 Å². The number of hydrogen-bond donors (Lipinski definition) is 2. The molecule has 1 aromatic heterocycles. The fraction of sp³-hybridized carbons (Fsp3) is 0. The van der Waals surface area contributed by atoms with Crippen molar-refractivity contribution >= 4 is 50.3 Å². The summed E-state index contributed by atoms with van der Waals surface area (Å²) in [5.41, 5.74) is 13.1. The van der Waals surface area contributed by atoms with Crippen molar-refractivity contribution in [3.63, 3.8) is 0 Å². The Kier molecular flexibility index (Phi) is 6.30. The van der Waals surface area contributed by atoms with Gasteiger partial charge in [0.25, 0.3) is 10.0 Å². The summed E-state index contributed by atoms with van der Waals surface area (Å²) in [6.45, 7) is 0. The highest BCUT2D eigenvalue weighted by atomic mass is 35.5. The van der Waals surface area contributed by atoms with Crippen LogP contribution >= 0.6 is 11.6 Å². The van der Waals surface area contributed by atoms with Crippen molar-refractivity contribution in [2.75, 3.05) is 0 Å². The minimum atomic E-state index is -3.85. The van der Waals surface area contributed by atoms with Crippen molar-refractivity contribution in [1.29, 1.82) is 0 Å². The molecule has 0 aliphatic rings. The zero-order valence-electron chi connectivity index (χ0n) is 17.3. The van der Waals surface area contributed by atoms with Gasteiger partial charge in [-0.25, -0.2) is 12.4 Å². The van der Waals surface area contributed by atoms with Crippen molar-refractivity contribution in [1.82, 2.24) is 3.97 Å². The zero-order chi connectivity index (χ0) is 23.4. The Bertz CT molecular complexity index is 1500. The summed E-state index contributed by atoms with van der Waals surface area (Å²) in [6, 6.07) is 22.7. The Morgan fingerprint density at radius 2 is 1.55 bits per heavy atom. The number of halogens is 1. The third-order valence-electron chi connectivity index (χ3n) is 4.85. The van der Waals surface area contributed by atoms with Crippen LogP contribution in [0.5, 0.6) is 0 Å². The molecule has 0 aliphatic heterocycles. The van der Waals surface area contributed by atoms with E-state index < -0.39 is 10.0 Å². The van der Waals surface area contributed by atoms with Gasteiger partial charge in [0.1, 0.15) is 0 Å². The molecule has 0 bridgehead atoms. The molecule has 0 saturated heterocycles. The SMILES string of the molecule is NC(N)=N/N=C(\C=C\c1ccccc1Cl)c1cn(S(=O)(=O)c2ccccc2)c2ccccc12. The zero-order valence-corrected chi connectivity index (χ0v) is 18.9. The first-order chi connectivity index (χ1) is 15.9. The Hall–Kier alpha value is -3.88. The first-order valence-corrected chi connectivity index (χ1v) is 11.7. The first-order valence-electron chi connectivity index (χ1n) is 9.88. The minimum absolute atomic E-state index is 0.173. The van der Waals surface area contributed by atoms with Crippen molar-refractivity contribution < 1.29 is 8.42 Å². The number of hydrogen-bond acceptors (Lipinski definition) is 4. The Balaban J connectivity index is 1.92. The molecule has 0 spiro atoms. The molecule has 4 N–H and O–H groups in total. The largest absolute Gasteiger partial charge is 0.369 e. The topological polar surface area (TPSA) is 116 Å². The average molecular weight is 478 g/mol. The van der Waals surface area contributed by atoms with Crippen LogP contribution in [0, 0.1) is 0 Å². The lowest BCUT2D eigenvalue weighted by Crippen LogP contribution is -2.22. The molecule has 0 fully saturated rings. The molecule has 0 aliphatic carbocycles. The summed E-state index contributed by atoms with van der Waals surface area (Å²) in [6.07, 6.45) is 4.97. The molecule has 7 nitrogen and oxygen atoms in total. The standard InChI is InChI=1S/C24H20ClN5O2S/c25-21-12-6-4-8-17(21)14-15-22(28-29-24(26)27)20-16-30(23-13-7-5-11-19(20)23)33(31,32)18-9-2-1-3-10-18/h1-16H,(H4,26,27,29)/b15-14+,28-22+. The van der Waals surface area contributed by atoms with Crippen LogP contribution < -0.4 is 11.5 Å². The van der Waals surface area contributed by atoms with Crippen LogP contribution in [-0.2, 0) is 10.0 Å². The van der Waals surface area contributed by atoms with Crippen LogP contribution in [0.1, 0.15) is 11.1 Å². The molecule has 0 unspecified atom stereocenters. The highest BCUT2D eigenvalue weighted by Gasteiger charge is 2.22. The lowest BCUT2D eigenvalue weighted by Gasteiger charge is -2.07. The highest BCUT2D eigenvalue weighted by Crippen LogP contribution is 2.27. The van der Waals surface area contributed by atoms with Gasteiger partial charge in [-0.15, -0.1) is 10.2 Å². The maximum Gasteiger partial charge on any atom is 0.268 e. The van der Waals surface area contributed by atoms with Gasteiger partial charge in [-0.3, -0.25) is 0 Å². The minimum Gasteiger partial charge on any atom is -0.369 e. The number of guanidine groups is 1. The smallest absolute Gasteiger partial charge is 0.268 e. The molecule has 9 heteroatoms. The van der Waals surface area contributed by atoms with E-state index in [2.05, 4.69) is 10.2 Å². The van der Waals surface area contributed by atoms with Crippen LogP contribution in [0.15, 0.2) is 106 Å². The maximum absolute atomic E-state index is 13.4. The predicted octanol–water partition coefficient (Wildman–Crippen LogP) is 4.22. The quantitative estimate of drug-likeness (QED) is 0.245. The molecule has 1 heterocycles. The number of aromatic nitrogens is 1. The van der Waals surface area contributed by atoms with E-state index in [0.29, 0.717) is 27.2 Å². The lowest BCUT2D eigenvalue weighted by molar-refractivity contribution is 0.589. The van der Waals surface area contributed by atoms with E-state index in [-0.39, 0.29) is 10.9 Å². The number of fused-ring (bicyclic) bond motifs is 1. The third-order valence-corrected chi connectivity index (χ3v) is 6.89. The Labute approximate surface area is 196 Å². The molecule has 166 valence electrons. The van der Waals surface area contributed by atoms with Gasteiger partial charge in [-0.2, -0.15) is 0 Å². The molecule has 0 radical (unpaired) electrons. The molecule has 4 aromatic rings. The summed E-state index contributed by atoms with van der Waals surface area (Å²) in [4.78, 5) is 0.173. The van der Waals surface area contributed by atoms with Crippen molar-refractivity contribution in [3.8, 4) is 0 Å². The van der Waals surface area contributed by atoms with Gasteiger partial charge in [-0.05, 0) is 35.9 Å². The van der Waals surface area contributed by atoms with E-state index in [4.69, 9.17) is 23.1 Å². The Morgan fingerprint density at radius 3 is 2.27 bits per heavy atom. The lowest BCUT2D eigenvalue weighted by atomic mass is 10.1. The fourth-order valence-corrected chi connectivity index (χ4v) is 4.92. The molecule has 0 saturated carbocycles. The first kappa shape index (κ1) is 22.3. The van der Waals surface area contributed by atoms with Crippen molar-refractivity contribution in [2.45, 2.75) is 4.90 Å². The fourth-order valence-electron chi connectivity index (χ4n) is 3.33. The summed E-state index contributed by atoms with van der Waals surface area (Å²) in [5, 5.41) is 9.19. The van der Waals surface area contributed by atoms with Crippen molar-refractivity contribution in [3.05, 3.63) is 107 Å². The number of rotatable bonds is 6. The van der Waals surface area contributed by atoms with E-state index in [1.165, 1.54) is 10.2 Å². The van der Waals surface area contributed by atoms with Gasteiger partial charge in [0.15, 0.2) is 0 Å². The molecule has 0 atom stereocenters. The van der Waals surface area contributed by atoms with E-state index in [9.17, 15) is 8.42 Å². The van der Waals surface area contributed by atoms with E-state index in [0.717, 1.165) is 5.56 Å². The van der Waals surface area contributed by atoms with Crippen LogP contribution in [0.2, 0.25) is 5.02 Å². The Morgan fingerprint density at radius 1 is 0.879 bits per heavy atom. The average Bonchev–Trinajstić information content (AvgIpc) is 3.21. The monoisotopic (exact) mass is 477 g/mol. The molecule has 4 rings (SSSR count). The maximum atomic E-state index is 13.4. The number of allylic oxidation sites excluding steroid dienone is 1. The summed E-state index contributed by atoms with van der Waals surface area (Å²) < 4.78 is 28.0. The van der Waals surface area contributed by atoms with E-state index >= 15 is 0 Å². The van der Waals surface area contributed by atoms with Crippen LogP contribution in [0.4, 0.5) is 0 Å². The molecule has 0 amide bonds. The highest BCUT2D eigenvalue weighted by molar-refractivity contribution is 7.90.